The molecule has 4 heteroatoms. The molecule has 0 bridgehead atoms. The Hall–Kier alpha value is -1.16. The van der Waals surface area contributed by atoms with Crippen LogP contribution in [0.1, 0.15) is 11.3 Å². The Kier molecular flexibility index (Phi) is 1.91. The minimum Gasteiger partial charge on any atom is -0.467 e. The Balaban J connectivity index is 2.36. The summed E-state index contributed by atoms with van der Waals surface area (Å²) >= 11 is 0. The maximum Gasteiger partial charge on any atom is 0.316 e. The zero-order valence-corrected chi connectivity index (χ0v) is 7.00. The van der Waals surface area contributed by atoms with Crippen LogP contribution >= 0.6 is 0 Å². The summed E-state index contributed by atoms with van der Waals surface area (Å²) in [6.45, 7) is 1.87. The quantitative estimate of drug-likeness (QED) is 0.642. The average molecular weight is 165 g/mol. The lowest BCUT2D eigenvalue weighted by Crippen LogP contribution is -2.24. The van der Waals surface area contributed by atoms with E-state index in [1.807, 2.05) is 6.20 Å². The number of nitrogens with one attached hydrogen (secondary N) is 1. The van der Waals surface area contributed by atoms with E-state index in [1.165, 1.54) is 5.56 Å². The summed E-state index contributed by atoms with van der Waals surface area (Å²) in [6.07, 6.45) is 2.79. The van der Waals surface area contributed by atoms with Crippen molar-refractivity contribution in [1.29, 1.82) is 0 Å². The van der Waals surface area contributed by atoms with Crippen molar-refractivity contribution < 1.29 is 4.74 Å². The largest absolute Gasteiger partial charge is 0.467 e. The highest BCUT2D eigenvalue weighted by Crippen LogP contribution is 2.12. The number of fused-ring (bicyclic) bond motifs is 1. The molecule has 2 rings (SSSR count). The second-order valence-electron chi connectivity index (χ2n) is 2.76. The first-order valence-electron chi connectivity index (χ1n) is 3.99. The number of methoxy groups -OCH3 is 1. The van der Waals surface area contributed by atoms with Gasteiger partial charge in [-0.1, -0.05) is 0 Å². The van der Waals surface area contributed by atoms with E-state index in [1.54, 1.807) is 7.11 Å². The molecule has 12 heavy (non-hydrogen) atoms. The predicted octanol–water partition coefficient (Wildman–Crippen LogP) is 0.131. The van der Waals surface area contributed by atoms with Gasteiger partial charge in [0.15, 0.2) is 0 Å². The third-order valence-corrected chi connectivity index (χ3v) is 1.97. The van der Waals surface area contributed by atoms with Crippen molar-refractivity contribution in [3.63, 3.8) is 0 Å². The molecule has 0 saturated heterocycles. The summed E-state index contributed by atoms with van der Waals surface area (Å²) in [5.74, 6) is 0. The van der Waals surface area contributed by atoms with E-state index < -0.39 is 0 Å². The molecule has 0 fully saturated rings. The molecule has 0 saturated carbocycles. The van der Waals surface area contributed by atoms with Crippen LogP contribution in [0.3, 0.4) is 0 Å². The van der Waals surface area contributed by atoms with Gasteiger partial charge in [-0.15, -0.1) is 0 Å². The highest BCUT2D eigenvalue weighted by molar-refractivity contribution is 5.21. The van der Waals surface area contributed by atoms with Crippen LogP contribution in [0.15, 0.2) is 6.20 Å². The highest BCUT2D eigenvalue weighted by atomic mass is 16.5. The summed E-state index contributed by atoms with van der Waals surface area (Å²) in [5, 5.41) is 3.26. The Bertz CT molecular complexity index is 288. The van der Waals surface area contributed by atoms with Gasteiger partial charge in [0.25, 0.3) is 0 Å². The fourth-order valence-corrected chi connectivity index (χ4v) is 1.32. The van der Waals surface area contributed by atoms with Crippen LogP contribution in [0, 0.1) is 0 Å². The second-order valence-corrected chi connectivity index (χ2v) is 2.76. The number of hydrogen-bond donors (Lipinski definition) is 1. The smallest absolute Gasteiger partial charge is 0.316 e. The molecule has 0 spiro atoms. The van der Waals surface area contributed by atoms with Gasteiger partial charge in [0.2, 0.25) is 0 Å². The van der Waals surface area contributed by atoms with Crippen LogP contribution in [0.5, 0.6) is 6.01 Å². The zero-order valence-electron chi connectivity index (χ0n) is 7.00. The molecule has 1 aromatic heterocycles. The molecule has 4 nitrogen and oxygen atoms in total. The first-order chi connectivity index (χ1) is 5.90. The van der Waals surface area contributed by atoms with E-state index in [0.717, 1.165) is 25.2 Å². The summed E-state index contributed by atoms with van der Waals surface area (Å²) in [7, 11) is 1.59. The van der Waals surface area contributed by atoms with Gasteiger partial charge in [0.05, 0.1) is 12.8 Å². The van der Waals surface area contributed by atoms with E-state index in [4.69, 9.17) is 4.74 Å². The van der Waals surface area contributed by atoms with Crippen LogP contribution in [0.2, 0.25) is 0 Å². The summed E-state index contributed by atoms with van der Waals surface area (Å²) in [4.78, 5) is 8.30. The third kappa shape index (κ3) is 1.25. The standard InChI is InChI=1S/C8H11N3O/c1-12-8-10-5-6-4-9-3-2-7(6)11-8/h5,9H,2-4H2,1H3. The second kappa shape index (κ2) is 3.06. The molecule has 0 aromatic carbocycles. The number of nitrogens with zero attached hydrogens (tertiary/aromatic N) is 2. The van der Waals surface area contributed by atoms with Gasteiger partial charge in [-0.2, -0.15) is 4.98 Å². The third-order valence-electron chi connectivity index (χ3n) is 1.97. The van der Waals surface area contributed by atoms with Crippen molar-refractivity contribution >= 4 is 0 Å². The number of hydrogen-bond acceptors (Lipinski definition) is 4. The van der Waals surface area contributed by atoms with E-state index in [2.05, 4.69) is 15.3 Å². The van der Waals surface area contributed by atoms with E-state index in [-0.39, 0.29) is 0 Å². The van der Waals surface area contributed by atoms with E-state index in [9.17, 15) is 0 Å². The Morgan fingerprint density at radius 3 is 3.33 bits per heavy atom. The maximum absolute atomic E-state index is 4.94. The summed E-state index contributed by atoms with van der Waals surface area (Å²) in [6, 6.07) is 0.468. The van der Waals surface area contributed by atoms with Gasteiger partial charge in [0.1, 0.15) is 0 Å². The molecule has 0 radical (unpaired) electrons. The molecule has 1 N–H and O–H groups in total. The molecular weight excluding hydrogens is 154 g/mol. The summed E-state index contributed by atoms with van der Waals surface area (Å²) in [5.41, 5.74) is 2.29. The number of ether oxygens (including phenoxy) is 1. The average Bonchev–Trinajstić information content (AvgIpc) is 2.17. The van der Waals surface area contributed by atoms with Crippen molar-refractivity contribution in [2.24, 2.45) is 0 Å². The molecule has 0 amide bonds. The van der Waals surface area contributed by atoms with Gasteiger partial charge >= 0.3 is 6.01 Å². The van der Waals surface area contributed by atoms with Crippen LogP contribution in [0.4, 0.5) is 0 Å². The minimum absolute atomic E-state index is 0.468. The zero-order chi connectivity index (χ0) is 8.39. The van der Waals surface area contributed by atoms with E-state index in [0.29, 0.717) is 6.01 Å². The van der Waals surface area contributed by atoms with Crippen LogP contribution in [0.25, 0.3) is 0 Å². The van der Waals surface area contributed by atoms with Gasteiger partial charge in [-0.25, -0.2) is 4.98 Å². The first-order valence-corrected chi connectivity index (χ1v) is 3.99. The molecule has 1 aliphatic heterocycles. The van der Waals surface area contributed by atoms with Gasteiger partial charge < -0.3 is 10.1 Å². The van der Waals surface area contributed by atoms with Gasteiger partial charge in [-0.05, 0) is 0 Å². The number of rotatable bonds is 1. The number of aromatic nitrogens is 2. The molecule has 64 valence electrons. The Morgan fingerprint density at radius 1 is 1.58 bits per heavy atom. The topological polar surface area (TPSA) is 47.0 Å². The normalized spacial score (nSPS) is 15.4. The highest BCUT2D eigenvalue weighted by Gasteiger charge is 2.10. The van der Waals surface area contributed by atoms with Crippen LogP contribution in [-0.2, 0) is 13.0 Å². The fraction of sp³-hybridized carbons (Fsp3) is 0.500. The van der Waals surface area contributed by atoms with Gasteiger partial charge in [0, 0.05) is 31.3 Å². The van der Waals surface area contributed by atoms with Crippen molar-refractivity contribution in [2.45, 2.75) is 13.0 Å². The fourth-order valence-electron chi connectivity index (χ4n) is 1.32. The Morgan fingerprint density at radius 2 is 2.50 bits per heavy atom. The lowest BCUT2D eigenvalue weighted by molar-refractivity contribution is 0.376. The molecule has 0 unspecified atom stereocenters. The predicted molar refractivity (Wildman–Crippen MR) is 44.0 cm³/mol. The Labute approximate surface area is 71.0 Å². The maximum atomic E-state index is 4.94. The van der Waals surface area contributed by atoms with Crippen molar-refractivity contribution in [3.05, 3.63) is 17.5 Å². The molecule has 2 heterocycles. The molecule has 0 aliphatic carbocycles. The monoisotopic (exact) mass is 165 g/mol. The van der Waals surface area contributed by atoms with Crippen molar-refractivity contribution in [3.8, 4) is 6.01 Å². The molecular formula is C8H11N3O. The SMILES string of the molecule is COc1ncc2c(n1)CCNC2. The lowest BCUT2D eigenvalue weighted by Gasteiger charge is -2.15. The molecule has 0 atom stereocenters. The lowest BCUT2D eigenvalue weighted by atomic mass is 10.1. The molecule has 1 aliphatic rings. The summed E-state index contributed by atoms with van der Waals surface area (Å²) < 4.78 is 4.94. The molecule has 1 aromatic rings. The van der Waals surface area contributed by atoms with Gasteiger partial charge in [-0.3, -0.25) is 0 Å². The van der Waals surface area contributed by atoms with Crippen molar-refractivity contribution in [2.75, 3.05) is 13.7 Å². The van der Waals surface area contributed by atoms with E-state index >= 15 is 0 Å². The first kappa shape index (κ1) is 7.49. The minimum atomic E-state index is 0.468. The van der Waals surface area contributed by atoms with Crippen molar-refractivity contribution in [1.82, 2.24) is 15.3 Å². The van der Waals surface area contributed by atoms with Crippen LogP contribution < -0.4 is 10.1 Å². The van der Waals surface area contributed by atoms with Crippen LogP contribution in [-0.4, -0.2) is 23.6 Å².